The molecule has 0 radical (unpaired) electrons. The maximum absolute atomic E-state index is 12.9. The minimum absolute atomic E-state index is 0.0334. The largest absolute Gasteiger partial charge is 0.393 e. The molecule has 2 amide bonds. The van der Waals surface area contributed by atoms with Crippen molar-refractivity contribution in [1.82, 2.24) is 10.4 Å². The number of aliphatic hydroxyl groups is 1. The van der Waals surface area contributed by atoms with Gasteiger partial charge < -0.3 is 10.0 Å². The smallest absolute Gasteiger partial charge is 0.247 e. The summed E-state index contributed by atoms with van der Waals surface area (Å²) in [5.74, 6) is -1.41. The molecule has 24 heavy (non-hydrogen) atoms. The molecule has 1 aliphatic heterocycles. The van der Waals surface area contributed by atoms with E-state index in [1.807, 2.05) is 23.1 Å². The summed E-state index contributed by atoms with van der Waals surface area (Å²) in [6.07, 6.45) is 1.54. The highest BCUT2D eigenvalue weighted by Crippen LogP contribution is 2.35. The molecule has 130 valence electrons. The van der Waals surface area contributed by atoms with Crippen molar-refractivity contribution in [2.24, 2.45) is 11.8 Å². The highest BCUT2D eigenvalue weighted by atomic mass is 16.5. The number of nitrogens with zero attached hydrogens (tertiary/aromatic N) is 1. The fourth-order valence-corrected chi connectivity index (χ4v) is 4.01. The van der Waals surface area contributed by atoms with E-state index in [2.05, 4.69) is 12.1 Å². The summed E-state index contributed by atoms with van der Waals surface area (Å²) in [7, 11) is 0. The fraction of sp³-hybridized carbons (Fsp3) is 0.556. The van der Waals surface area contributed by atoms with Crippen LogP contribution >= 0.6 is 0 Å². The van der Waals surface area contributed by atoms with Crippen molar-refractivity contribution in [3.8, 4) is 0 Å². The highest BCUT2D eigenvalue weighted by Gasteiger charge is 2.41. The summed E-state index contributed by atoms with van der Waals surface area (Å²) in [5, 5.41) is 18.7. The lowest BCUT2D eigenvalue weighted by Gasteiger charge is -2.34. The minimum atomic E-state index is -0.665. The summed E-state index contributed by atoms with van der Waals surface area (Å²) < 4.78 is 0. The van der Waals surface area contributed by atoms with Gasteiger partial charge in [0.1, 0.15) is 0 Å². The lowest BCUT2D eigenvalue weighted by atomic mass is 9.76. The van der Waals surface area contributed by atoms with Gasteiger partial charge in [0, 0.05) is 24.9 Å². The number of hydroxylamine groups is 1. The van der Waals surface area contributed by atoms with Gasteiger partial charge in [0.05, 0.1) is 12.0 Å². The number of aliphatic hydroxyl groups excluding tert-OH is 1. The van der Waals surface area contributed by atoms with Crippen molar-refractivity contribution in [3.05, 3.63) is 35.9 Å². The molecule has 6 heteroatoms. The molecule has 3 rings (SSSR count). The van der Waals surface area contributed by atoms with Crippen molar-refractivity contribution in [2.75, 3.05) is 13.1 Å². The molecule has 4 atom stereocenters. The van der Waals surface area contributed by atoms with E-state index in [1.165, 1.54) is 5.56 Å². The van der Waals surface area contributed by atoms with E-state index in [9.17, 15) is 14.7 Å². The van der Waals surface area contributed by atoms with Crippen molar-refractivity contribution in [1.29, 1.82) is 0 Å². The third kappa shape index (κ3) is 3.44. The van der Waals surface area contributed by atoms with E-state index in [1.54, 1.807) is 5.48 Å². The summed E-state index contributed by atoms with van der Waals surface area (Å²) in [4.78, 5) is 26.6. The molecule has 1 aliphatic carbocycles. The van der Waals surface area contributed by atoms with Gasteiger partial charge in [-0.05, 0) is 31.2 Å². The Kier molecular flexibility index (Phi) is 5.16. The zero-order valence-electron chi connectivity index (χ0n) is 13.6. The van der Waals surface area contributed by atoms with Crippen molar-refractivity contribution >= 4 is 11.8 Å². The Hall–Kier alpha value is -1.92. The van der Waals surface area contributed by atoms with Crippen molar-refractivity contribution < 1.29 is 19.9 Å². The summed E-state index contributed by atoms with van der Waals surface area (Å²) >= 11 is 0. The normalized spacial score (nSPS) is 30.2. The predicted octanol–water partition coefficient (Wildman–Crippen LogP) is 1.29. The minimum Gasteiger partial charge on any atom is -0.393 e. The number of benzene rings is 1. The van der Waals surface area contributed by atoms with Gasteiger partial charge in [-0.1, -0.05) is 30.3 Å². The summed E-state index contributed by atoms with van der Waals surface area (Å²) in [6.45, 7) is 1.35. The second kappa shape index (κ2) is 7.32. The molecule has 1 aromatic rings. The topological polar surface area (TPSA) is 89.9 Å². The number of hydrogen-bond donors (Lipinski definition) is 3. The second-order valence-electron chi connectivity index (χ2n) is 6.84. The first-order chi connectivity index (χ1) is 11.6. The van der Waals surface area contributed by atoms with Crippen LogP contribution in [0.3, 0.4) is 0 Å². The van der Waals surface area contributed by atoms with Gasteiger partial charge in [0.2, 0.25) is 11.8 Å². The summed E-state index contributed by atoms with van der Waals surface area (Å²) in [5.41, 5.74) is 2.88. The highest BCUT2D eigenvalue weighted by molar-refractivity contribution is 5.87. The van der Waals surface area contributed by atoms with Crippen molar-refractivity contribution in [2.45, 2.75) is 37.7 Å². The maximum Gasteiger partial charge on any atom is 0.247 e. The van der Waals surface area contributed by atoms with Gasteiger partial charge in [-0.15, -0.1) is 0 Å². The Labute approximate surface area is 141 Å². The number of amides is 2. The average molecular weight is 332 g/mol. The van der Waals surface area contributed by atoms with Crippen LogP contribution < -0.4 is 5.48 Å². The Morgan fingerprint density at radius 2 is 1.83 bits per heavy atom. The number of carbonyl (C=O) groups excluding carboxylic acids is 2. The standard InChI is InChI=1S/C18H24N2O4/c21-14-6-7-15(16(10-14)17(22)19-24)18(23)20-9-8-13(11-20)12-4-2-1-3-5-12/h1-5,13-16,21,24H,6-11H2,(H,19,22)/t13-,14-,15-,16-/m0/s1. The molecular weight excluding hydrogens is 308 g/mol. The molecular formula is C18H24N2O4. The summed E-state index contributed by atoms with van der Waals surface area (Å²) in [6, 6.07) is 10.1. The first kappa shape index (κ1) is 16.9. The van der Waals surface area contributed by atoms with Crippen LogP contribution in [0.25, 0.3) is 0 Å². The van der Waals surface area contributed by atoms with E-state index in [0.29, 0.717) is 31.8 Å². The van der Waals surface area contributed by atoms with Gasteiger partial charge >= 0.3 is 0 Å². The monoisotopic (exact) mass is 332 g/mol. The SMILES string of the molecule is O=C(NO)[C@H]1C[C@@H](O)CC[C@@H]1C(=O)N1CC[C@H](c2ccccc2)C1. The van der Waals surface area contributed by atoms with Crippen LogP contribution in [0.2, 0.25) is 0 Å². The lowest BCUT2D eigenvalue weighted by Crippen LogP contribution is -2.46. The number of likely N-dealkylation sites (tertiary alicyclic amines) is 1. The molecule has 1 heterocycles. The fourth-order valence-electron chi connectivity index (χ4n) is 4.01. The van der Waals surface area contributed by atoms with Crippen LogP contribution in [0.5, 0.6) is 0 Å². The number of rotatable bonds is 3. The molecule has 1 aromatic carbocycles. The van der Waals surface area contributed by atoms with Crippen LogP contribution in [0.1, 0.15) is 37.2 Å². The number of hydrogen-bond acceptors (Lipinski definition) is 4. The van der Waals surface area contributed by atoms with Crippen LogP contribution in [-0.4, -0.2) is 46.2 Å². The van der Waals surface area contributed by atoms with E-state index in [-0.39, 0.29) is 12.3 Å². The second-order valence-corrected chi connectivity index (χ2v) is 6.84. The van der Waals surface area contributed by atoms with E-state index in [4.69, 9.17) is 5.21 Å². The molecule has 0 aromatic heterocycles. The third-order valence-corrected chi connectivity index (χ3v) is 5.36. The molecule has 2 aliphatic rings. The van der Waals surface area contributed by atoms with Gasteiger partial charge in [0.15, 0.2) is 0 Å². The van der Waals surface area contributed by atoms with Crippen LogP contribution in [0.15, 0.2) is 30.3 Å². The first-order valence-corrected chi connectivity index (χ1v) is 8.56. The molecule has 0 bridgehead atoms. The molecule has 1 saturated heterocycles. The molecule has 0 spiro atoms. The number of carbonyl (C=O) groups is 2. The van der Waals surface area contributed by atoms with Crippen LogP contribution in [-0.2, 0) is 9.59 Å². The molecule has 0 unspecified atom stereocenters. The Morgan fingerprint density at radius 1 is 1.08 bits per heavy atom. The zero-order chi connectivity index (χ0) is 17.1. The third-order valence-electron chi connectivity index (χ3n) is 5.36. The Bertz CT molecular complexity index is 592. The van der Waals surface area contributed by atoms with Gasteiger partial charge in [0.25, 0.3) is 0 Å². The average Bonchev–Trinajstić information content (AvgIpc) is 3.11. The number of nitrogens with one attached hydrogen (secondary N) is 1. The zero-order valence-corrected chi connectivity index (χ0v) is 13.6. The van der Waals surface area contributed by atoms with Crippen molar-refractivity contribution in [3.63, 3.8) is 0 Å². The van der Waals surface area contributed by atoms with Crippen LogP contribution in [0, 0.1) is 11.8 Å². The molecule has 6 nitrogen and oxygen atoms in total. The quantitative estimate of drug-likeness (QED) is 0.575. The van der Waals surface area contributed by atoms with E-state index in [0.717, 1.165) is 6.42 Å². The molecule has 3 N–H and O–H groups in total. The molecule has 2 fully saturated rings. The first-order valence-electron chi connectivity index (χ1n) is 8.56. The van der Waals surface area contributed by atoms with Gasteiger partial charge in [-0.3, -0.25) is 14.8 Å². The molecule has 1 saturated carbocycles. The Balaban J connectivity index is 1.68. The predicted molar refractivity (Wildman–Crippen MR) is 87.1 cm³/mol. The lowest BCUT2D eigenvalue weighted by molar-refractivity contribution is -0.148. The van der Waals surface area contributed by atoms with E-state index >= 15 is 0 Å². The van der Waals surface area contributed by atoms with Crippen LogP contribution in [0.4, 0.5) is 0 Å². The van der Waals surface area contributed by atoms with Gasteiger partial charge in [-0.25, -0.2) is 5.48 Å². The van der Waals surface area contributed by atoms with E-state index < -0.39 is 23.8 Å². The maximum atomic E-state index is 12.9. The van der Waals surface area contributed by atoms with Gasteiger partial charge in [-0.2, -0.15) is 0 Å². The Morgan fingerprint density at radius 3 is 2.54 bits per heavy atom.